The molecule has 0 saturated heterocycles. The van der Waals surface area contributed by atoms with Gasteiger partial charge in [-0.15, -0.1) is 0 Å². The number of halogens is 3. The molecule has 0 bridgehead atoms. The van der Waals surface area contributed by atoms with Crippen LogP contribution in [0.15, 0.2) is 18.6 Å². The second kappa shape index (κ2) is 7.51. The van der Waals surface area contributed by atoms with E-state index in [1.54, 1.807) is 6.07 Å². The highest BCUT2D eigenvalue weighted by atomic mass is 35.5. The lowest BCUT2D eigenvalue weighted by atomic mass is 10.1. The first-order valence-corrected chi connectivity index (χ1v) is 8.17. The lowest BCUT2D eigenvalue weighted by molar-refractivity contribution is 0.247. The predicted octanol–water partition coefficient (Wildman–Crippen LogP) is 4.66. The third-order valence-corrected chi connectivity index (χ3v) is 3.87. The molecule has 0 spiro atoms. The number of nitrogens with one attached hydrogen (secondary N) is 1. The molecule has 0 atom stereocenters. The molecule has 5 nitrogen and oxygen atoms in total. The zero-order valence-electron chi connectivity index (χ0n) is 13.0. The number of pyridine rings is 1. The summed E-state index contributed by atoms with van der Waals surface area (Å²) < 4.78 is 5.67. The van der Waals surface area contributed by atoms with Crippen molar-refractivity contribution in [2.75, 3.05) is 11.9 Å². The molecule has 0 amide bonds. The predicted molar refractivity (Wildman–Crippen MR) is 93.9 cm³/mol. The first kappa shape index (κ1) is 18.0. The molecule has 0 aliphatic heterocycles. The fraction of sp³-hybridized carbons (Fsp3) is 0.400. The topological polar surface area (TPSA) is 59.9 Å². The van der Waals surface area contributed by atoms with Crippen molar-refractivity contribution in [2.45, 2.75) is 32.7 Å². The zero-order chi connectivity index (χ0) is 17.0. The van der Waals surface area contributed by atoms with Gasteiger partial charge in [0.05, 0.1) is 16.3 Å². The summed E-state index contributed by atoms with van der Waals surface area (Å²) in [6.07, 6.45) is 3.71. The lowest BCUT2D eigenvalue weighted by Crippen LogP contribution is -2.38. The monoisotopic (exact) mass is 374 g/mol. The Morgan fingerprint density at radius 2 is 1.91 bits per heavy atom. The minimum absolute atomic E-state index is 0.309. The van der Waals surface area contributed by atoms with Crippen LogP contribution in [0, 0.1) is 0 Å². The van der Waals surface area contributed by atoms with Crippen molar-refractivity contribution < 1.29 is 4.74 Å². The van der Waals surface area contributed by atoms with E-state index in [9.17, 15) is 0 Å². The Labute approximate surface area is 150 Å². The third-order valence-electron chi connectivity index (χ3n) is 3.00. The van der Waals surface area contributed by atoms with Gasteiger partial charge in [-0.2, -0.15) is 0 Å². The number of hydrogen-bond acceptors (Lipinski definition) is 5. The quantitative estimate of drug-likeness (QED) is 0.795. The minimum Gasteiger partial charge on any atom is -0.474 e. The Morgan fingerprint density at radius 1 is 1.17 bits per heavy atom. The average Bonchev–Trinajstić information content (AvgIpc) is 2.48. The summed E-state index contributed by atoms with van der Waals surface area (Å²) in [5.74, 6) is 0.899. The number of hydrogen-bond donors (Lipinski definition) is 1. The molecule has 0 saturated carbocycles. The standard InChI is InChI=1S/C15H17Cl3N4O/c1-4-11-12(18)13(21-8-20-11)22-15(2,3)7-23-14-10(17)5-9(16)6-19-14/h5-6,8H,4,7H2,1-3H3,(H,20,21,22). The van der Waals surface area contributed by atoms with Crippen molar-refractivity contribution in [3.05, 3.63) is 39.4 Å². The van der Waals surface area contributed by atoms with Crippen LogP contribution in [-0.4, -0.2) is 27.1 Å². The molecule has 124 valence electrons. The molecule has 8 heteroatoms. The lowest BCUT2D eigenvalue weighted by Gasteiger charge is -2.27. The number of nitrogens with zero attached hydrogens (tertiary/aromatic N) is 3. The van der Waals surface area contributed by atoms with Crippen molar-refractivity contribution in [3.8, 4) is 5.88 Å². The maximum Gasteiger partial charge on any atom is 0.232 e. The Morgan fingerprint density at radius 3 is 2.57 bits per heavy atom. The van der Waals surface area contributed by atoms with Crippen molar-refractivity contribution in [1.82, 2.24) is 15.0 Å². The Bertz CT molecular complexity index is 694. The van der Waals surface area contributed by atoms with E-state index >= 15 is 0 Å². The van der Waals surface area contributed by atoms with E-state index in [-0.39, 0.29) is 0 Å². The average molecular weight is 376 g/mol. The van der Waals surface area contributed by atoms with Gasteiger partial charge < -0.3 is 10.1 Å². The molecule has 0 unspecified atom stereocenters. The highest BCUT2D eigenvalue weighted by molar-refractivity contribution is 6.35. The largest absolute Gasteiger partial charge is 0.474 e. The molecule has 0 fully saturated rings. The minimum atomic E-state index is -0.451. The first-order valence-electron chi connectivity index (χ1n) is 7.04. The van der Waals surface area contributed by atoms with Gasteiger partial charge in [-0.05, 0) is 26.3 Å². The van der Waals surface area contributed by atoms with Crippen molar-refractivity contribution >= 4 is 40.6 Å². The van der Waals surface area contributed by atoms with Crippen LogP contribution in [0.25, 0.3) is 0 Å². The van der Waals surface area contributed by atoms with Crippen molar-refractivity contribution in [3.63, 3.8) is 0 Å². The summed E-state index contributed by atoms with van der Waals surface area (Å²) in [7, 11) is 0. The first-order chi connectivity index (χ1) is 10.8. The SMILES string of the molecule is CCc1ncnc(NC(C)(C)COc2ncc(Cl)cc2Cl)c1Cl. The molecule has 2 aromatic heterocycles. The third kappa shape index (κ3) is 4.83. The van der Waals surface area contributed by atoms with E-state index in [1.807, 2.05) is 20.8 Å². The van der Waals surface area contributed by atoms with E-state index in [2.05, 4.69) is 20.3 Å². The Balaban J connectivity index is 2.07. The summed E-state index contributed by atoms with van der Waals surface area (Å²) >= 11 is 18.2. The molecule has 2 rings (SSSR count). The van der Waals surface area contributed by atoms with E-state index in [0.717, 1.165) is 12.1 Å². The molecule has 0 aliphatic carbocycles. The summed E-state index contributed by atoms with van der Waals surface area (Å²) in [4.78, 5) is 12.4. The smallest absolute Gasteiger partial charge is 0.232 e. The van der Waals surface area contributed by atoms with Crippen LogP contribution in [0.1, 0.15) is 26.5 Å². The van der Waals surface area contributed by atoms with Crippen LogP contribution >= 0.6 is 34.8 Å². The fourth-order valence-corrected chi connectivity index (χ4v) is 2.57. The van der Waals surface area contributed by atoms with Crippen LogP contribution in [0.2, 0.25) is 15.1 Å². The van der Waals surface area contributed by atoms with Gasteiger partial charge in [0.15, 0.2) is 0 Å². The normalized spacial score (nSPS) is 11.4. The van der Waals surface area contributed by atoms with Gasteiger partial charge in [0.25, 0.3) is 0 Å². The van der Waals surface area contributed by atoms with Crippen molar-refractivity contribution in [1.29, 1.82) is 0 Å². The van der Waals surface area contributed by atoms with Crippen LogP contribution in [0.5, 0.6) is 5.88 Å². The van der Waals surface area contributed by atoms with Gasteiger partial charge in [0.1, 0.15) is 28.8 Å². The summed E-state index contributed by atoms with van der Waals surface area (Å²) in [5, 5.41) is 4.60. The van der Waals surface area contributed by atoms with Crippen molar-refractivity contribution in [2.24, 2.45) is 0 Å². The molecular formula is C15H17Cl3N4O. The second-order valence-corrected chi connectivity index (χ2v) is 6.80. The molecule has 23 heavy (non-hydrogen) atoms. The van der Waals surface area contributed by atoms with Gasteiger partial charge >= 0.3 is 0 Å². The molecule has 1 N–H and O–H groups in total. The molecule has 0 aromatic carbocycles. The van der Waals surface area contributed by atoms with Crippen LogP contribution < -0.4 is 10.1 Å². The number of aromatic nitrogens is 3. The number of ether oxygens (including phenoxy) is 1. The van der Waals surface area contributed by atoms with Crippen LogP contribution in [-0.2, 0) is 6.42 Å². The number of rotatable bonds is 6. The van der Waals surface area contributed by atoms with E-state index in [4.69, 9.17) is 39.5 Å². The van der Waals surface area contributed by atoms with Crippen LogP contribution in [0.3, 0.4) is 0 Å². The second-order valence-electron chi connectivity index (χ2n) is 5.57. The van der Waals surface area contributed by atoms with Gasteiger partial charge in [-0.1, -0.05) is 41.7 Å². The molecule has 0 aliphatic rings. The highest BCUT2D eigenvalue weighted by Crippen LogP contribution is 2.27. The summed E-state index contributed by atoms with van der Waals surface area (Å²) in [6, 6.07) is 1.58. The highest BCUT2D eigenvalue weighted by Gasteiger charge is 2.22. The van der Waals surface area contributed by atoms with Gasteiger partial charge in [0.2, 0.25) is 5.88 Å². The Kier molecular flexibility index (Phi) is 5.89. The molecule has 0 radical (unpaired) electrons. The summed E-state index contributed by atoms with van der Waals surface area (Å²) in [6.45, 7) is 6.21. The molecule has 2 aromatic rings. The fourth-order valence-electron chi connectivity index (χ4n) is 1.85. The van der Waals surface area contributed by atoms with E-state index < -0.39 is 5.54 Å². The van der Waals surface area contributed by atoms with Gasteiger partial charge in [0, 0.05) is 6.20 Å². The van der Waals surface area contributed by atoms with Crippen LogP contribution in [0.4, 0.5) is 5.82 Å². The zero-order valence-corrected chi connectivity index (χ0v) is 15.3. The maximum atomic E-state index is 6.30. The van der Waals surface area contributed by atoms with Gasteiger partial charge in [-0.3, -0.25) is 0 Å². The van der Waals surface area contributed by atoms with Gasteiger partial charge in [-0.25, -0.2) is 15.0 Å². The molecule has 2 heterocycles. The number of aryl methyl sites for hydroxylation is 1. The molecular weight excluding hydrogens is 359 g/mol. The summed E-state index contributed by atoms with van der Waals surface area (Å²) in [5.41, 5.74) is 0.344. The van der Waals surface area contributed by atoms with E-state index in [1.165, 1.54) is 12.5 Å². The maximum absolute atomic E-state index is 6.30. The Hall–Kier alpha value is -1.30. The van der Waals surface area contributed by atoms with E-state index in [0.29, 0.717) is 33.4 Å². The number of anilines is 1.